The number of halogens is 5. The number of hydrogen-bond acceptors (Lipinski definition) is 1. The third-order valence-corrected chi connectivity index (χ3v) is 5.95. The van der Waals surface area contributed by atoms with Crippen LogP contribution in [0.15, 0.2) is 36.4 Å². The second kappa shape index (κ2) is 9.80. The third-order valence-electron chi connectivity index (χ3n) is 5.95. The molecule has 30 heavy (non-hydrogen) atoms. The Balaban J connectivity index is 1.61. The van der Waals surface area contributed by atoms with Gasteiger partial charge in [0.25, 0.3) is 0 Å². The molecule has 0 radical (unpaired) electrons. The molecule has 1 saturated carbocycles. The standard InChI is InChI=1S/C24H27F5O/c1-2-3-4-16-5-9-19(10-6-16)20-11-7-17(8-12-20)13-18-14-21(25)23(22(26)15-18)30-24(27,28)29/h7-8,11-12,14-16,19H,2-6,9-10,13H2,1H3. The van der Waals surface area contributed by atoms with Gasteiger partial charge in [-0.25, -0.2) is 8.78 Å². The predicted molar refractivity (Wildman–Crippen MR) is 107 cm³/mol. The summed E-state index contributed by atoms with van der Waals surface area (Å²) in [5.74, 6) is -2.76. The highest BCUT2D eigenvalue weighted by molar-refractivity contribution is 5.35. The molecule has 1 aliphatic rings. The highest BCUT2D eigenvalue weighted by Gasteiger charge is 2.34. The van der Waals surface area contributed by atoms with E-state index in [9.17, 15) is 22.0 Å². The summed E-state index contributed by atoms with van der Waals surface area (Å²) in [5, 5.41) is 0. The van der Waals surface area contributed by atoms with Gasteiger partial charge in [-0.2, -0.15) is 0 Å². The van der Waals surface area contributed by atoms with Gasteiger partial charge in [-0.3, -0.25) is 0 Å². The number of benzene rings is 2. The lowest BCUT2D eigenvalue weighted by molar-refractivity contribution is -0.276. The minimum absolute atomic E-state index is 0.226. The topological polar surface area (TPSA) is 9.23 Å². The van der Waals surface area contributed by atoms with E-state index in [4.69, 9.17) is 0 Å². The first-order valence-corrected chi connectivity index (χ1v) is 10.6. The van der Waals surface area contributed by atoms with Crippen LogP contribution < -0.4 is 4.74 Å². The Morgan fingerprint density at radius 1 is 0.900 bits per heavy atom. The van der Waals surface area contributed by atoms with Gasteiger partial charge < -0.3 is 4.74 Å². The summed E-state index contributed by atoms with van der Waals surface area (Å²) in [6.07, 6.45) is 3.84. The van der Waals surface area contributed by atoms with Crippen molar-refractivity contribution in [3.8, 4) is 5.75 Å². The smallest absolute Gasteiger partial charge is 0.399 e. The van der Waals surface area contributed by atoms with Crippen molar-refractivity contribution in [2.45, 2.75) is 70.6 Å². The zero-order valence-corrected chi connectivity index (χ0v) is 17.1. The van der Waals surface area contributed by atoms with Crippen molar-refractivity contribution in [1.82, 2.24) is 0 Å². The number of unbranched alkanes of at least 4 members (excludes halogenated alkanes) is 1. The predicted octanol–water partition coefficient (Wildman–Crippen LogP) is 7.92. The number of rotatable bonds is 7. The summed E-state index contributed by atoms with van der Waals surface area (Å²) < 4.78 is 68.0. The van der Waals surface area contributed by atoms with E-state index in [1.165, 1.54) is 50.5 Å². The average Bonchev–Trinajstić information content (AvgIpc) is 2.70. The fraction of sp³-hybridized carbons (Fsp3) is 0.500. The van der Waals surface area contributed by atoms with Gasteiger partial charge in [0.2, 0.25) is 5.75 Å². The molecule has 0 atom stereocenters. The van der Waals surface area contributed by atoms with Crippen LogP contribution in [0.3, 0.4) is 0 Å². The summed E-state index contributed by atoms with van der Waals surface area (Å²) in [5.41, 5.74) is 2.38. The van der Waals surface area contributed by atoms with Gasteiger partial charge in [0, 0.05) is 0 Å². The van der Waals surface area contributed by atoms with Crippen LogP contribution in [0.4, 0.5) is 22.0 Å². The largest absolute Gasteiger partial charge is 0.573 e. The molecule has 6 heteroatoms. The minimum atomic E-state index is -5.14. The van der Waals surface area contributed by atoms with Crippen molar-refractivity contribution in [1.29, 1.82) is 0 Å². The average molecular weight is 426 g/mol. The van der Waals surface area contributed by atoms with Crippen LogP contribution in [0.2, 0.25) is 0 Å². The molecule has 0 amide bonds. The molecule has 1 nitrogen and oxygen atoms in total. The Kier molecular flexibility index (Phi) is 7.37. The Morgan fingerprint density at radius 3 is 2.03 bits per heavy atom. The Hall–Kier alpha value is -2.11. The second-order valence-corrected chi connectivity index (χ2v) is 8.21. The van der Waals surface area contributed by atoms with Crippen LogP contribution in [0.25, 0.3) is 0 Å². The van der Waals surface area contributed by atoms with Crippen LogP contribution >= 0.6 is 0 Å². The SMILES string of the molecule is CCCCC1CCC(c2ccc(Cc3cc(F)c(OC(F)(F)F)c(F)c3)cc2)CC1. The van der Waals surface area contributed by atoms with Gasteiger partial charge >= 0.3 is 6.36 Å². The number of hydrogen-bond donors (Lipinski definition) is 0. The number of ether oxygens (including phenoxy) is 1. The molecular formula is C24H27F5O. The molecule has 0 bridgehead atoms. The fourth-order valence-corrected chi connectivity index (χ4v) is 4.35. The Bertz CT molecular complexity index is 797. The Morgan fingerprint density at radius 2 is 1.50 bits per heavy atom. The van der Waals surface area contributed by atoms with E-state index >= 15 is 0 Å². The molecule has 2 aromatic carbocycles. The molecular weight excluding hydrogens is 399 g/mol. The van der Waals surface area contributed by atoms with E-state index in [1.54, 1.807) is 0 Å². The lowest BCUT2D eigenvalue weighted by Gasteiger charge is -2.29. The second-order valence-electron chi connectivity index (χ2n) is 8.21. The molecule has 0 saturated heterocycles. The van der Waals surface area contributed by atoms with Gasteiger partial charge in [-0.05, 0) is 72.8 Å². The summed E-state index contributed by atoms with van der Waals surface area (Å²) in [6, 6.07) is 9.73. The van der Waals surface area contributed by atoms with Crippen LogP contribution in [0, 0.1) is 17.6 Å². The summed E-state index contributed by atoms with van der Waals surface area (Å²) in [4.78, 5) is 0. The van der Waals surface area contributed by atoms with E-state index in [0.717, 1.165) is 23.6 Å². The van der Waals surface area contributed by atoms with E-state index in [2.05, 4.69) is 23.8 Å². The van der Waals surface area contributed by atoms with E-state index < -0.39 is 23.7 Å². The van der Waals surface area contributed by atoms with Crippen molar-refractivity contribution in [2.75, 3.05) is 0 Å². The van der Waals surface area contributed by atoms with E-state index in [0.29, 0.717) is 5.92 Å². The van der Waals surface area contributed by atoms with Crippen LogP contribution in [0.5, 0.6) is 5.75 Å². The molecule has 0 unspecified atom stereocenters. The van der Waals surface area contributed by atoms with Gasteiger partial charge in [-0.15, -0.1) is 13.2 Å². The van der Waals surface area contributed by atoms with Crippen molar-refractivity contribution in [3.05, 3.63) is 64.7 Å². The molecule has 0 aliphatic heterocycles. The third kappa shape index (κ3) is 6.19. The Labute approximate surface area is 174 Å². The van der Waals surface area contributed by atoms with Gasteiger partial charge in [0.1, 0.15) is 0 Å². The van der Waals surface area contributed by atoms with Crippen molar-refractivity contribution in [2.24, 2.45) is 5.92 Å². The van der Waals surface area contributed by atoms with Gasteiger partial charge in [0.05, 0.1) is 0 Å². The molecule has 0 aromatic heterocycles. The normalized spacial score (nSPS) is 19.7. The maximum Gasteiger partial charge on any atom is 0.573 e. The molecule has 1 fully saturated rings. The molecule has 0 N–H and O–H groups in total. The maximum absolute atomic E-state index is 13.9. The van der Waals surface area contributed by atoms with Crippen molar-refractivity contribution in [3.63, 3.8) is 0 Å². The number of alkyl halides is 3. The van der Waals surface area contributed by atoms with Crippen LogP contribution in [-0.2, 0) is 6.42 Å². The molecule has 0 heterocycles. The molecule has 1 aliphatic carbocycles. The lowest BCUT2D eigenvalue weighted by Crippen LogP contribution is -2.19. The first kappa shape index (κ1) is 22.6. The van der Waals surface area contributed by atoms with Crippen molar-refractivity contribution >= 4 is 0 Å². The van der Waals surface area contributed by atoms with Crippen LogP contribution in [0.1, 0.15) is 74.5 Å². The molecule has 3 rings (SSSR count). The van der Waals surface area contributed by atoms with E-state index in [-0.39, 0.29) is 12.0 Å². The zero-order valence-electron chi connectivity index (χ0n) is 17.1. The van der Waals surface area contributed by atoms with Gasteiger partial charge in [0.15, 0.2) is 11.6 Å². The van der Waals surface area contributed by atoms with Crippen molar-refractivity contribution < 1.29 is 26.7 Å². The summed E-state index contributed by atoms with van der Waals surface area (Å²) in [7, 11) is 0. The van der Waals surface area contributed by atoms with Gasteiger partial charge in [-0.1, -0.05) is 50.5 Å². The highest BCUT2D eigenvalue weighted by Crippen LogP contribution is 2.38. The lowest BCUT2D eigenvalue weighted by atomic mass is 9.77. The summed E-state index contributed by atoms with van der Waals surface area (Å²) in [6.45, 7) is 2.22. The zero-order chi connectivity index (χ0) is 21.7. The summed E-state index contributed by atoms with van der Waals surface area (Å²) >= 11 is 0. The molecule has 2 aromatic rings. The van der Waals surface area contributed by atoms with E-state index in [1.807, 2.05) is 12.1 Å². The van der Waals surface area contributed by atoms with Crippen LogP contribution in [-0.4, -0.2) is 6.36 Å². The fourth-order valence-electron chi connectivity index (χ4n) is 4.35. The first-order valence-electron chi connectivity index (χ1n) is 10.6. The maximum atomic E-state index is 13.9. The molecule has 164 valence electrons. The monoisotopic (exact) mass is 426 g/mol. The quantitative estimate of drug-likeness (QED) is 0.409. The first-order chi connectivity index (χ1) is 14.2. The minimum Gasteiger partial charge on any atom is -0.399 e. The molecule has 0 spiro atoms. The highest BCUT2D eigenvalue weighted by atomic mass is 19.4.